The lowest BCUT2D eigenvalue weighted by molar-refractivity contribution is -0.121. The first-order valence-corrected chi connectivity index (χ1v) is 8.61. The Kier molecular flexibility index (Phi) is 5.12. The molecule has 1 N–H and O–H groups in total. The van der Waals surface area contributed by atoms with Crippen molar-refractivity contribution in [3.63, 3.8) is 0 Å². The molecule has 132 valence electrons. The molecule has 0 spiro atoms. The molecular weight excluding hydrogens is 314 g/mol. The van der Waals surface area contributed by atoms with Gasteiger partial charge in [0.05, 0.1) is 7.11 Å². The Hall–Kier alpha value is -2.69. The van der Waals surface area contributed by atoms with Gasteiger partial charge in [0.25, 0.3) is 0 Å². The van der Waals surface area contributed by atoms with E-state index in [2.05, 4.69) is 28.2 Å². The Morgan fingerprint density at radius 3 is 2.60 bits per heavy atom. The van der Waals surface area contributed by atoms with Crippen LogP contribution in [0.25, 0.3) is 10.9 Å². The summed E-state index contributed by atoms with van der Waals surface area (Å²) in [4.78, 5) is 12.1. The molecule has 0 radical (unpaired) electrons. The van der Waals surface area contributed by atoms with E-state index in [1.165, 1.54) is 10.9 Å². The minimum absolute atomic E-state index is 0.0597. The summed E-state index contributed by atoms with van der Waals surface area (Å²) in [6.07, 6.45) is 2.98. The van der Waals surface area contributed by atoms with E-state index >= 15 is 0 Å². The van der Waals surface area contributed by atoms with E-state index in [-0.39, 0.29) is 5.91 Å². The molecular formula is C20H25N3O2. The minimum atomic E-state index is 0.0597. The predicted octanol–water partition coefficient (Wildman–Crippen LogP) is 3.27. The molecule has 0 aliphatic rings. The Morgan fingerprint density at radius 2 is 1.88 bits per heavy atom. The van der Waals surface area contributed by atoms with Gasteiger partial charge >= 0.3 is 0 Å². The van der Waals surface area contributed by atoms with Gasteiger partial charge in [0.1, 0.15) is 12.3 Å². The molecule has 0 aliphatic heterocycles. The van der Waals surface area contributed by atoms with Gasteiger partial charge in [-0.1, -0.05) is 0 Å². The van der Waals surface area contributed by atoms with Crippen molar-refractivity contribution in [3.05, 3.63) is 54.0 Å². The number of carbonyl (C=O) groups is 1. The maximum Gasteiger partial charge on any atom is 0.239 e. The highest BCUT2D eigenvalue weighted by Gasteiger charge is 2.07. The van der Waals surface area contributed by atoms with Crippen LogP contribution in [0.1, 0.15) is 17.8 Å². The van der Waals surface area contributed by atoms with E-state index in [0.29, 0.717) is 13.1 Å². The van der Waals surface area contributed by atoms with Crippen molar-refractivity contribution in [1.82, 2.24) is 14.5 Å². The van der Waals surface area contributed by atoms with Crippen molar-refractivity contribution < 1.29 is 9.53 Å². The van der Waals surface area contributed by atoms with Gasteiger partial charge in [-0.2, -0.15) is 0 Å². The number of hydrogen-bond donors (Lipinski definition) is 1. The van der Waals surface area contributed by atoms with Crippen LogP contribution in [0.2, 0.25) is 0 Å². The number of methoxy groups -OCH3 is 1. The van der Waals surface area contributed by atoms with Gasteiger partial charge in [-0.05, 0) is 56.7 Å². The quantitative estimate of drug-likeness (QED) is 0.672. The monoisotopic (exact) mass is 339 g/mol. The molecule has 3 rings (SSSR count). The molecule has 3 aromatic rings. The van der Waals surface area contributed by atoms with Crippen molar-refractivity contribution in [2.75, 3.05) is 13.7 Å². The Bertz CT molecular complexity index is 857. The van der Waals surface area contributed by atoms with Crippen LogP contribution in [0.5, 0.6) is 5.75 Å². The maximum absolute atomic E-state index is 12.1. The lowest BCUT2D eigenvalue weighted by Gasteiger charge is -2.11. The summed E-state index contributed by atoms with van der Waals surface area (Å²) >= 11 is 0. The van der Waals surface area contributed by atoms with Crippen molar-refractivity contribution in [2.45, 2.75) is 33.4 Å². The molecule has 25 heavy (non-hydrogen) atoms. The third-order valence-corrected chi connectivity index (χ3v) is 4.60. The second kappa shape index (κ2) is 7.47. The van der Waals surface area contributed by atoms with Gasteiger partial charge in [-0.25, -0.2) is 0 Å². The average Bonchev–Trinajstić information content (AvgIpc) is 3.16. The number of fused-ring (bicyclic) bond motifs is 1. The zero-order valence-corrected chi connectivity index (χ0v) is 15.1. The van der Waals surface area contributed by atoms with E-state index in [0.717, 1.165) is 30.1 Å². The van der Waals surface area contributed by atoms with Gasteiger partial charge in [-0.3, -0.25) is 4.79 Å². The molecule has 0 aliphatic carbocycles. The van der Waals surface area contributed by atoms with E-state index in [9.17, 15) is 4.79 Å². The van der Waals surface area contributed by atoms with E-state index in [4.69, 9.17) is 4.74 Å². The van der Waals surface area contributed by atoms with Crippen LogP contribution in [0, 0.1) is 13.8 Å². The van der Waals surface area contributed by atoms with Gasteiger partial charge in [0.15, 0.2) is 0 Å². The molecule has 0 saturated carbocycles. The number of aromatic nitrogens is 2. The highest BCUT2D eigenvalue weighted by atomic mass is 16.5. The Balaban J connectivity index is 1.49. The topological polar surface area (TPSA) is 48.2 Å². The number of rotatable bonds is 7. The summed E-state index contributed by atoms with van der Waals surface area (Å²) in [7, 11) is 1.68. The van der Waals surface area contributed by atoms with Crippen molar-refractivity contribution in [1.29, 1.82) is 0 Å². The molecule has 1 amide bonds. The molecule has 0 saturated heterocycles. The highest BCUT2D eigenvalue weighted by molar-refractivity contribution is 5.81. The molecule has 2 heterocycles. The van der Waals surface area contributed by atoms with Crippen LogP contribution < -0.4 is 10.1 Å². The molecule has 2 aromatic heterocycles. The van der Waals surface area contributed by atoms with Crippen molar-refractivity contribution in [2.24, 2.45) is 0 Å². The average molecular weight is 339 g/mol. The smallest absolute Gasteiger partial charge is 0.239 e. The summed E-state index contributed by atoms with van der Waals surface area (Å²) < 4.78 is 9.50. The zero-order chi connectivity index (χ0) is 17.8. The number of benzene rings is 1. The molecule has 5 heteroatoms. The minimum Gasteiger partial charge on any atom is -0.497 e. The van der Waals surface area contributed by atoms with Gasteiger partial charge in [0, 0.05) is 41.6 Å². The van der Waals surface area contributed by atoms with Crippen LogP contribution in [0.4, 0.5) is 0 Å². The van der Waals surface area contributed by atoms with E-state index in [1.807, 2.05) is 42.7 Å². The summed E-state index contributed by atoms with van der Waals surface area (Å²) in [5.74, 6) is 0.928. The first kappa shape index (κ1) is 17.1. The van der Waals surface area contributed by atoms with Crippen LogP contribution in [-0.4, -0.2) is 28.7 Å². The van der Waals surface area contributed by atoms with Crippen LogP contribution in [-0.2, 0) is 17.9 Å². The molecule has 0 atom stereocenters. The van der Waals surface area contributed by atoms with Gasteiger partial charge < -0.3 is 19.2 Å². The standard InChI is InChI=1S/C20H25N3O2/c1-15-5-6-16(2)23(15)14-20(24)21-10-4-11-22-12-9-17-13-18(25-3)7-8-19(17)22/h5-9,12-13H,4,10-11,14H2,1-3H3,(H,21,24). The summed E-state index contributed by atoms with van der Waals surface area (Å²) in [6.45, 7) is 5.97. The number of hydrogen-bond acceptors (Lipinski definition) is 2. The first-order chi connectivity index (χ1) is 12.1. The largest absolute Gasteiger partial charge is 0.497 e. The lowest BCUT2D eigenvalue weighted by atomic mass is 10.2. The second-order valence-electron chi connectivity index (χ2n) is 6.34. The fraction of sp³-hybridized carbons (Fsp3) is 0.350. The highest BCUT2D eigenvalue weighted by Crippen LogP contribution is 2.21. The van der Waals surface area contributed by atoms with E-state index < -0.39 is 0 Å². The number of ether oxygens (including phenoxy) is 1. The third kappa shape index (κ3) is 3.87. The normalized spacial score (nSPS) is 11.0. The summed E-state index contributed by atoms with van der Waals surface area (Å²) in [6, 6.07) is 12.2. The fourth-order valence-electron chi connectivity index (χ4n) is 3.13. The van der Waals surface area contributed by atoms with Crippen molar-refractivity contribution >= 4 is 16.8 Å². The summed E-state index contributed by atoms with van der Waals surface area (Å²) in [5.41, 5.74) is 3.41. The Labute approximate surface area is 148 Å². The summed E-state index contributed by atoms with van der Waals surface area (Å²) in [5, 5.41) is 4.18. The molecule has 5 nitrogen and oxygen atoms in total. The molecule has 0 bridgehead atoms. The van der Waals surface area contributed by atoms with Crippen molar-refractivity contribution in [3.8, 4) is 5.75 Å². The molecule has 0 unspecified atom stereocenters. The van der Waals surface area contributed by atoms with Crippen LogP contribution >= 0.6 is 0 Å². The zero-order valence-electron chi connectivity index (χ0n) is 15.1. The lowest BCUT2D eigenvalue weighted by Crippen LogP contribution is -2.29. The second-order valence-corrected chi connectivity index (χ2v) is 6.34. The van der Waals surface area contributed by atoms with Crippen LogP contribution in [0.15, 0.2) is 42.6 Å². The third-order valence-electron chi connectivity index (χ3n) is 4.60. The maximum atomic E-state index is 12.1. The SMILES string of the molecule is COc1ccc2c(ccn2CCCNC(=O)Cn2c(C)ccc2C)c1. The number of aryl methyl sites for hydroxylation is 3. The molecule has 1 aromatic carbocycles. The van der Waals surface area contributed by atoms with E-state index in [1.54, 1.807) is 7.11 Å². The number of amides is 1. The number of nitrogens with zero attached hydrogens (tertiary/aromatic N) is 2. The van der Waals surface area contributed by atoms with Crippen LogP contribution in [0.3, 0.4) is 0 Å². The van der Waals surface area contributed by atoms with Gasteiger partial charge in [-0.15, -0.1) is 0 Å². The first-order valence-electron chi connectivity index (χ1n) is 8.61. The fourth-order valence-corrected chi connectivity index (χ4v) is 3.13. The predicted molar refractivity (Wildman–Crippen MR) is 100 cm³/mol. The van der Waals surface area contributed by atoms with Gasteiger partial charge in [0.2, 0.25) is 5.91 Å². The number of carbonyl (C=O) groups excluding carboxylic acids is 1. The Morgan fingerprint density at radius 1 is 1.12 bits per heavy atom. The number of nitrogens with one attached hydrogen (secondary N) is 1. The molecule has 0 fully saturated rings.